The van der Waals surface area contributed by atoms with Gasteiger partial charge >= 0.3 is 18.5 Å². The number of hydrogen-bond acceptors (Lipinski definition) is 5. The van der Waals surface area contributed by atoms with Crippen molar-refractivity contribution in [3.05, 3.63) is 46.1 Å². The fraction of sp³-hybridized carbons (Fsp3) is 0.278. The number of amides is 1. The van der Waals surface area contributed by atoms with Crippen molar-refractivity contribution in [2.45, 2.75) is 24.6 Å². The number of nitrogens with zero attached hydrogens (tertiary/aromatic N) is 3. The van der Waals surface area contributed by atoms with Gasteiger partial charge in [0.05, 0.1) is 10.6 Å². The highest BCUT2D eigenvalue weighted by Gasteiger charge is 2.60. The topological polar surface area (TPSA) is 109 Å². The summed E-state index contributed by atoms with van der Waals surface area (Å²) in [5, 5.41) is 2.92. The SMILES string of the molecule is Cn1nc(OC(F)(F)C(F)C(F)(F)F)c(C(F)(F)F)c1N=CC(=CN)c1ccc(Cl)c(C(N)=O)c1. The summed E-state index contributed by atoms with van der Waals surface area (Å²) in [5.74, 6) is -4.19. The molecule has 0 aliphatic carbocycles. The van der Waals surface area contributed by atoms with Gasteiger partial charge in [0.25, 0.3) is 12.1 Å². The molecular weight excluding hydrogens is 525 g/mol. The van der Waals surface area contributed by atoms with E-state index < -0.39 is 47.8 Å². The van der Waals surface area contributed by atoms with Gasteiger partial charge in [0.1, 0.15) is 0 Å². The summed E-state index contributed by atoms with van der Waals surface area (Å²) in [6.07, 6.45) is -20.8. The van der Waals surface area contributed by atoms with Gasteiger partial charge in [0.2, 0.25) is 5.91 Å². The molecule has 35 heavy (non-hydrogen) atoms. The van der Waals surface area contributed by atoms with Gasteiger partial charge in [-0.25, -0.2) is 14.1 Å². The second-order valence-corrected chi connectivity index (χ2v) is 7.04. The second kappa shape index (κ2) is 9.67. The van der Waals surface area contributed by atoms with Gasteiger partial charge < -0.3 is 16.2 Å². The summed E-state index contributed by atoms with van der Waals surface area (Å²) in [7, 11) is 0.781. The zero-order chi connectivity index (χ0) is 26.9. The molecule has 0 spiro atoms. The van der Waals surface area contributed by atoms with Gasteiger partial charge in [-0.1, -0.05) is 17.7 Å². The molecule has 1 atom stereocenters. The van der Waals surface area contributed by atoms with Crippen molar-refractivity contribution in [1.82, 2.24) is 9.78 Å². The Kier molecular flexibility index (Phi) is 7.69. The Labute approximate surface area is 194 Å². The first-order chi connectivity index (χ1) is 15.9. The van der Waals surface area contributed by atoms with Crippen LogP contribution in [0, 0.1) is 0 Å². The van der Waals surface area contributed by atoms with E-state index in [4.69, 9.17) is 23.1 Å². The van der Waals surface area contributed by atoms with Crippen LogP contribution in [0.25, 0.3) is 5.57 Å². The van der Waals surface area contributed by atoms with E-state index in [9.17, 15) is 44.3 Å². The van der Waals surface area contributed by atoms with Crippen LogP contribution in [0.1, 0.15) is 21.5 Å². The summed E-state index contributed by atoms with van der Waals surface area (Å²) < 4.78 is 122. The number of benzene rings is 1. The maximum Gasteiger partial charge on any atom is 0.440 e. The van der Waals surface area contributed by atoms with Gasteiger partial charge in [0, 0.05) is 25.0 Å². The number of hydrogen-bond donors (Lipinski definition) is 2. The van der Waals surface area contributed by atoms with Crippen LogP contribution in [0.5, 0.6) is 5.88 Å². The highest BCUT2D eigenvalue weighted by molar-refractivity contribution is 6.34. The molecule has 2 rings (SSSR count). The molecule has 2 aromatic rings. The molecule has 1 amide bonds. The maximum atomic E-state index is 13.6. The number of aromatic nitrogens is 2. The molecule has 1 heterocycles. The average molecular weight is 538 g/mol. The fourth-order valence-corrected chi connectivity index (χ4v) is 2.78. The van der Waals surface area contributed by atoms with E-state index in [1.807, 2.05) is 0 Å². The van der Waals surface area contributed by atoms with E-state index in [0.29, 0.717) is 6.21 Å². The minimum Gasteiger partial charge on any atom is -0.410 e. The maximum absolute atomic E-state index is 13.6. The van der Waals surface area contributed by atoms with Crippen molar-refractivity contribution in [2.75, 3.05) is 0 Å². The van der Waals surface area contributed by atoms with Crippen molar-refractivity contribution in [3.63, 3.8) is 0 Å². The van der Waals surface area contributed by atoms with Gasteiger partial charge in [-0.15, -0.1) is 5.10 Å². The third-order valence-corrected chi connectivity index (χ3v) is 4.48. The second-order valence-electron chi connectivity index (χ2n) is 6.63. The Morgan fingerprint density at radius 3 is 2.29 bits per heavy atom. The molecule has 1 aromatic heterocycles. The number of carbonyl (C=O) groups is 1. The molecular formula is C18H13ClF9N5O2. The third kappa shape index (κ3) is 6.17. The van der Waals surface area contributed by atoms with Crippen LogP contribution in [0.2, 0.25) is 5.02 Å². The number of halogens is 10. The quantitative estimate of drug-likeness (QED) is 0.392. The van der Waals surface area contributed by atoms with Gasteiger partial charge in [0.15, 0.2) is 11.4 Å². The first-order valence-corrected chi connectivity index (χ1v) is 9.25. The van der Waals surface area contributed by atoms with E-state index in [0.717, 1.165) is 19.3 Å². The predicted molar refractivity (Wildman–Crippen MR) is 105 cm³/mol. The van der Waals surface area contributed by atoms with E-state index in [1.165, 1.54) is 12.1 Å². The van der Waals surface area contributed by atoms with Crippen LogP contribution >= 0.6 is 11.6 Å². The highest BCUT2D eigenvalue weighted by atomic mass is 35.5. The zero-order valence-electron chi connectivity index (χ0n) is 17.1. The summed E-state index contributed by atoms with van der Waals surface area (Å²) in [6, 6.07) is 3.65. The molecule has 0 radical (unpaired) electrons. The normalized spacial score (nSPS) is 14.4. The van der Waals surface area contributed by atoms with Crippen LogP contribution in [-0.4, -0.2) is 40.4 Å². The van der Waals surface area contributed by atoms with Crippen molar-refractivity contribution in [3.8, 4) is 5.88 Å². The zero-order valence-corrected chi connectivity index (χ0v) is 17.8. The van der Waals surface area contributed by atoms with E-state index in [1.54, 1.807) is 0 Å². The molecule has 0 aliphatic heterocycles. The standard InChI is InChI=1S/C18H13ClF9N5O2/c1-33-13(31-6-8(5-29)7-2-3-10(19)9(4-7)12(30)34)11(16(21,22)23)14(32-33)35-18(27,28)15(20)17(24,25)26/h2-6,15H,29H2,1H3,(H2,30,34). The number of nitrogens with two attached hydrogens (primary N) is 2. The molecule has 4 N–H and O–H groups in total. The summed E-state index contributed by atoms with van der Waals surface area (Å²) in [6.45, 7) is 0. The first-order valence-electron chi connectivity index (χ1n) is 8.87. The number of carbonyl (C=O) groups excluding carboxylic acids is 1. The molecule has 1 aromatic carbocycles. The lowest BCUT2D eigenvalue weighted by Gasteiger charge is -2.22. The lowest BCUT2D eigenvalue weighted by molar-refractivity contribution is -0.306. The Balaban J connectivity index is 2.55. The molecule has 0 saturated heterocycles. The number of aryl methyl sites for hydroxylation is 1. The van der Waals surface area contributed by atoms with Crippen molar-refractivity contribution < 1.29 is 49.0 Å². The summed E-state index contributed by atoms with van der Waals surface area (Å²) in [5.41, 5.74) is 8.29. The van der Waals surface area contributed by atoms with Gasteiger partial charge in [-0.3, -0.25) is 4.79 Å². The molecule has 0 aliphatic rings. The predicted octanol–water partition coefficient (Wildman–Crippen LogP) is 4.77. The van der Waals surface area contributed by atoms with E-state index in [2.05, 4.69) is 14.8 Å². The van der Waals surface area contributed by atoms with E-state index >= 15 is 0 Å². The highest BCUT2D eigenvalue weighted by Crippen LogP contribution is 2.45. The minimum absolute atomic E-state index is 0.0479. The summed E-state index contributed by atoms with van der Waals surface area (Å²) >= 11 is 5.82. The van der Waals surface area contributed by atoms with E-state index in [-0.39, 0.29) is 26.4 Å². The lowest BCUT2D eigenvalue weighted by Crippen LogP contribution is -2.46. The largest absolute Gasteiger partial charge is 0.440 e. The molecule has 192 valence electrons. The molecule has 1 unspecified atom stereocenters. The number of ether oxygens (including phenoxy) is 1. The van der Waals surface area contributed by atoms with Gasteiger partial charge in [-0.2, -0.15) is 35.1 Å². The van der Waals surface area contributed by atoms with Crippen molar-refractivity contribution in [2.24, 2.45) is 23.5 Å². The smallest absolute Gasteiger partial charge is 0.410 e. The van der Waals surface area contributed by atoms with Crippen LogP contribution in [-0.2, 0) is 13.2 Å². The number of allylic oxidation sites excluding steroid dienone is 1. The first kappa shape index (κ1) is 27.8. The molecule has 0 bridgehead atoms. The fourth-order valence-electron chi connectivity index (χ4n) is 2.57. The number of primary amides is 1. The van der Waals surface area contributed by atoms with Crippen molar-refractivity contribution >= 4 is 35.1 Å². The number of alkyl halides is 9. The van der Waals surface area contributed by atoms with Gasteiger partial charge in [-0.05, 0) is 17.7 Å². The Morgan fingerprint density at radius 2 is 1.80 bits per heavy atom. The Morgan fingerprint density at radius 1 is 1.20 bits per heavy atom. The number of aliphatic imine (C=N–C) groups is 1. The summed E-state index contributed by atoms with van der Waals surface area (Å²) in [4.78, 5) is 14.9. The third-order valence-electron chi connectivity index (χ3n) is 4.15. The van der Waals surface area contributed by atoms with Crippen LogP contribution < -0.4 is 16.2 Å². The Bertz CT molecular complexity index is 1170. The van der Waals surface area contributed by atoms with Crippen LogP contribution in [0.15, 0.2) is 29.4 Å². The number of rotatable bonds is 7. The molecule has 17 heteroatoms. The molecule has 0 saturated carbocycles. The van der Waals surface area contributed by atoms with Crippen LogP contribution in [0.4, 0.5) is 45.3 Å². The Hall–Kier alpha value is -3.43. The lowest BCUT2D eigenvalue weighted by atomic mass is 10.0. The molecule has 7 nitrogen and oxygen atoms in total. The van der Waals surface area contributed by atoms with Crippen molar-refractivity contribution in [1.29, 1.82) is 0 Å². The van der Waals surface area contributed by atoms with Crippen LogP contribution in [0.3, 0.4) is 0 Å². The average Bonchev–Trinajstić information content (AvgIpc) is 3.02. The minimum atomic E-state index is -6.14. The molecule has 0 fully saturated rings. The monoisotopic (exact) mass is 537 g/mol.